The third-order valence-corrected chi connectivity index (χ3v) is 2.67. The van der Waals surface area contributed by atoms with Gasteiger partial charge in [-0.05, 0) is 18.6 Å². The third kappa shape index (κ3) is 1.44. The van der Waals surface area contributed by atoms with E-state index < -0.39 is 0 Å². The van der Waals surface area contributed by atoms with Gasteiger partial charge in [0, 0.05) is 13.0 Å². The molecule has 0 atom stereocenters. The van der Waals surface area contributed by atoms with Crippen molar-refractivity contribution >= 4 is 28.9 Å². The number of benzene rings is 1. The molecule has 1 aliphatic rings. The molecule has 2 N–H and O–H groups in total. The van der Waals surface area contributed by atoms with Gasteiger partial charge >= 0.3 is 0 Å². The fourth-order valence-electron chi connectivity index (χ4n) is 1.70. The van der Waals surface area contributed by atoms with E-state index in [0.29, 0.717) is 29.4 Å². The Balaban J connectivity index is 2.44. The summed E-state index contributed by atoms with van der Waals surface area (Å²) in [7, 11) is 0. The second-order valence-electron chi connectivity index (χ2n) is 3.33. The van der Waals surface area contributed by atoms with Gasteiger partial charge < -0.3 is 10.6 Å². The summed E-state index contributed by atoms with van der Waals surface area (Å²) in [6, 6.07) is 5.29. The second kappa shape index (κ2) is 3.50. The van der Waals surface area contributed by atoms with Crippen molar-refractivity contribution in [1.82, 2.24) is 0 Å². The fourth-order valence-corrected chi connectivity index (χ4v) is 1.99. The van der Waals surface area contributed by atoms with Crippen LogP contribution in [0.15, 0.2) is 18.2 Å². The number of anilines is 2. The molecule has 3 nitrogen and oxygen atoms in total. The van der Waals surface area contributed by atoms with E-state index in [2.05, 4.69) is 0 Å². The number of para-hydroxylation sites is 1. The summed E-state index contributed by atoms with van der Waals surface area (Å²) in [5.74, 6) is 0.102. The maximum atomic E-state index is 11.5. The zero-order valence-corrected chi connectivity index (χ0v) is 8.42. The van der Waals surface area contributed by atoms with Crippen molar-refractivity contribution in [2.75, 3.05) is 17.2 Å². The number of hydrogen-bond donors (Lipinski definition) is 1. The molecule has 1 fully saturated rings. The molecule has 0 radical (unpaired) electrons. The molecule has 0 unspecified atom stereocenters. The van der Waals surface area contributed by atoms with Gasteiger partial charge in [0.1, 0.15) is 0 Å². The summed E-state index contributed by atoms with van der Waals surface area (Å²) in [6.45, 7) is 0.715. The summed E-state index contributed by atoms with van der Waals surface area (Å²) >= 11 is 6.00. The molecule has 0 aliphatic carbocycles. The normalized spacial score (nSPS) is 16.4. The molecule has 0 bridgehead atoms. The lowest BCUT2D eigenvalue weighted by molar-refractivity contribution is -0.117. The van der Waals surface area contributed by atoms with E-state index in [-0.39, 0.29) is 5.91 Å². The van der Waals surface area contributed by atoms with Crippen LogP contribution in [0.1, 0.15) is 12.8 Å². The minimum absolute atomic E-state index is 0.102. The lowest BCUT2D eigenvalue weighted by Gasteiger charge is -2.19. The number of nitrogens with zero attached hydrogens (tertiary/aromatic N) is 1. The zero-order valence-electron chi connectivity index (χ0n) is 7.66. The van der Waals surface area contributed by atoms with E-state index >= 15 is 0 Å². The van der Waals surface area contributed by atoms with Crippen LogP contribution >= 0.6 is 11.6 Å². The highest BCUT2D eigenvalue weighted by molar-refractivity contribution is 6.34. The Morgan fingerprint density at radius 2 is 2.21 bits per heavy atom. The first-order valence-corrected chi connectivity index (χ1v) is 4.92. The van der Waals surface area contributed by atoms with Crippen LogP contribution in [0.2, 0.25) is 5.02 Å². The van der Waals surface area contributed by atoms with Gasteiger partial charge in [0.25, 0.3) is 0 Å². The number of hydrogen-bond acceptors (Lipinski definition) is 2. The van der Waals surface area contributed by atoms with E-state index in [4.69, 9.17) is 17.3 Å². The predicted molar refractivity (Wildman–Crippen MR) is 57.5 cm³/mol. The van der Waals surface area contributed by atoms with Crippen LogP contribution in [-0.2, 0) is 4.79 Å². The molecule has 1 aromatic rings. The third-order valence-electron chi connectivity index (χ3n) is 2.36. The standard InChI is InChI=1S/C10H11ClN2O/c11-7-3-1-4-8(12)10(7)13-6-2-5-9(13)14/h1,3-4H,2,5-6,12H2. The summed E-state index contributed by atoms with van der Waals surface area (Å²) in [5, 5.41) is 0.542. The Morgan fingerprint density at radius 1 is 1.43 bits per heavy atom. The van der Waals surface area contributed by atoms with Gasteiger partial charge in [-0.25, -0.2) is 0 Å². The average molecular weight is 211 g/mol. The van der Waals surface area contributed by atoms with Crippen LogP contribution in [0.5, 0.6) is 0 Å². The number of halogens is 1. The van der Waals surface area contributed by atoms with E-state index in [1.54, 1.807) is 23.1 Å². The Bertz CT molecular complexity index is 358. The number of carbonyl (C=O) groups excluding carboxylic acids is 1. The molecule has 1 aliphatic heterocycles. The van der Waals surface area contributed by atoms with Gasteiger partial charge in [-0.3, -0.25) is 4.79 Å². The lowest BCUT2D eigenvalue weighted by atomic mass is 10.2. The van der Waals surface area contributed by atoms with E-state index in [1.165, 1.54) is 0 Å². The first-order valence-electron chi connectivity index (χ1n) is 4.54. The van der Waals surface area contributed by atoms with E-state index in [0.717, 1.165) is 6.42 Å². The maximum Gasteiger partial charge on any atom is 0.227 e. The van der Waals surface area contributed by atoms with Crippen molar-refractivity contribution < 1.29 is 4.79 Å². The Labute approximate surface area is 87.4 Å². The molecule has 0 aromatic heterocycles. The first-order chi connectivity index (χ1) is 6.70. The summed E-state index contributed by atoms with van der Waals surface area (Å²) in [6.07, 6.45) is 1.47. The maximum absolute atomic E-state index is 11.5. The molecule has 0 spiro atoms. The second-order valence-corrected chi connectivity index (χ2v) is 3.73. The SMILES string of the molecule is Nc1cccc(Cl)c1N1CCCC1=O. The molecule has 2 rings (SSSR count). The zero-order chi connectivity index (χ0) is 10.1. The van der Waals surface area contributed by atoms with Crippen LogP contribution in [0.4, 0.5) is 11.4 Å². The Morgan fingerprint density at radius 3 is 2.79 bits per heavy atom. The van der Waals surface area contributed by atoms with Gasteiger partial charge in [0.2, 0.25) is 5.91 Å². The molecular formula is C10H11ClN2O. The van der Waals surface area contributed by atoms with Crippen LogP contribution < -0.4 is 10.6 Å². The highest BCUT2D eigenvalue weighted by Crippen LogP contribution is 2.34. The minimum Gasteiger partial charge on any atom is -0.397 e. The number of rotatable bonds is 1. The fraction of sp³-hybridized carbons (Fsp3) is 0.300. The average Bonchev–Trinajstić information content (AvgIpc) is 2.52. The molecular weight excluding hydrogens is 200 g/mol. The molecule has 1 heterocycles. The molecule has 74 valence electrons. The molecule has 0 saturated carbocycles. The Kier molecular flexibility index (Phi) is 2.33. The number of nitrogen functional groups attached to an aromatic ring is 1. The topological polar surface area (TPSA) is 46.3 Å². The predicted octanol–water partition coefficient (Wildman–Crippen LogP) is 2.05. The van der Waals surface area contributed by atoms with Crippen LogP contribution in [-0.4, -0.2) is 12.5 Å². The summed E-state index contributed by atoms with van der Waals surface area (Å²) in [5.41, 5.74) is 7.01. The van der Waals surface area contributed by atoms with Crippen molar-refractivity contribution in [1.29, 1.82) is 0 Å². The van der Waals surface area contributed by atoms with Crippen molar-refractivity contribution in [2.24, 2.45) is 0 Å². The number of carbonyl (C=O) groups is 1. The molecule has 1 amide bonds. The lowest BCUT2D eigenvalue weighted by Crippen LogP contribution is -2.25. The van der Waals surface area contributed by atoms with Crippen LogP contribution in [0, 0.1) is 0 Å². The minimum atomic E-state index is 0.102. The summed E-state index contributed by atoms with van der Waals surface area (Å²) < 4.78 is 0. The molecule has 1 saturated heterocycles. The van der Waals surface area contributed by atoms with Gasteiger partial charge in [-0.2, -0.15) is 0 Å². The number of nitrogens with two attached hydrogens (primary N) is 1. The largest absolute Gasteiger partial charge is 0.397 e. The van der Waals surface area contributed by atoms with Crippen molar-refractivity contribution in [3.63, 3.8) is 0 Å². The van der Waals surface area contributed by atoms with Crippen LogP contribution in [0.3, 0.4) is 0 Å². The number of amides is 1. The summed E-state index contributed by atoms with van der Waals surface area (Å²) in [4.78, 5) is 13.2. The highest BCUT2D eigenvalue weighted by atomic mass is 35.5. The van der Waals surface area contributed by atoms with E-state index in [1.807, 2.05) is 0 Å². The van der Waals surface area contributed by atoms with Crippen molar-refractivity contribution in [3.05, 3.63) is 23.2 Å². The Hall–Kier alpha value is -1.22. The van der Waals surface area contributed by atoms with Crippen molar-refractivity contribution in [2.45, 2.75) is 12.8 Å². The quantitative estimate of drug-likeness (QED) is 0.722. The van der Waals surface area contributed by atoms with Gasteiger partial charge in [-0.1, -0.05) is 17.7 Å². The van der Waals surface area contributed by atoms with Crippen molar-refractivity contribution in [3.8, 4) is 0 Å². The molecule has 4 heteroatoms. The molecule has 14 heavy (non-hydrogen) atoms. The smallest absolute Gasteiger partial charge is 0.227 e. The van der Waals surface area contributed by atoms with E-state index in [9.17, 15) is 4.79 Å². The van der Waals surface area contributed by atoms with Gasteiger partial charge in [0.15, 0.2) is 0 Å². The van der Waals surface area contributed by atoms with Gasteiger partial charge in [0.05, 0.1) is 16.4 Å². The van der Waals surface area contributed by atoms with Crippen LogP contribution in [0.25, 0.3) is 0 Å². The molecule has 1 aromatic carbocycles. The van der Waals surface area contributed by atoms with Gasteiger partial charge in [-0.15, -0.1) is 0 Å². The highest BCUT2D eigenvalue weighted by Gasteiger charge is 2.24. The first kappa shape index (κ1) is 9.34. The monoisotopic (exact) mass is 210 g/mol.